The number of carbonyl (C=O) groups excluding carboxylic acids is 4. The summed E-state index contributed by atoms with van der Waals surface area (Å²) in [5.41, 5.74) is 5.74. The fraction of sp³-hybridized carbons (Fsp3) is 0.360. The molecule has 11 heteroatoms. The molecule has 36 heavy (non-hydrogen) atoms. The molecule has 10 nitrogen and oxygen atoms in total. The van der Waals surface area contributed by atoms with Gasteiger partial charge < -0.3 is 20.5 Å². The molecule has 3 aliphatic rings. The minimum Gasteiger partial charge on any atom is -0.493 e. The molecule has 1 spiro atoms. The van der Waals surface area contributed by atoms with Gasteiger partial charge in [0.25, 0.3) is 0 Å². The molecule has 3 heterocycles. The van der Waals surface area contributed by atoms with Crippen molar-refractivity contribution in [3.63, 3.8) is 0 Å². The Bertz CT molecular complexity index is 1300. The van der Waals surface area contributed by atoms with Crippen LogP contribution in [0.1, 0.15) is 17.5 Å². The third-order valence-electron chi connectivity index (χ3n) is 7.26. The second-order valence-electron chi connectivity index (χ2n) is 9.14. The topological polar surface area (TPSA) is 140 Å². The number of hydrogen-bond donors (Lipinski definition) is 3. The van der Waals surface area contributed by atoms with E-state index in [1.54, 1.807) is 30.3 Å². The van der Waals surface area contributed by atoms with Crippen molar-refractivity contribution in [2.45, 2.75) is 24.4 Å². The van der Waals surface area contributed by atoms with E-state index in [1.807, 2.05) is 6.07 Å². The lowest BCUT2D eigenvalue weighted by molar-refractivity contribution is -0.142. The van der Waals surface area contributed by atoms with Gasteiger partial charge >= 0.3 is 0 Å². The molecule has 4 atom stereocenters. The molecule has 0 bridgehead atoms. The summed E-state index contributed by atoms with van der Waals surface area (Å²) in [6.45, 7) is 0.101. The number of ether oxygens (including phenoxy) is 2. The normalized spacial score (nSPS) is 26.2. The molecule has 0 saturated carbocycles. The zero-order valence-electron chi connectivity index (χ0n) is 19.7. The number of anilines is 1. The summed E-state index contributed by atoms with van der Waals surface area (Å²) in [6, 6.07) is 9.46. The number of imide groups is 1. The van der Waals surface area contributed by atoms with Crippen molar-refractivity contribution < 1.29 is 28.7 Å². The van der Waals surface area contributed by atoms with Gasteiger partial charge in [0.1, 0.15) is 5.54 Å². The van der Waals surface area contributed by atoms with Crippen molar-refractivity contribution in [3.05, 3.63) is 52.5 Å². The van der Waals surface area contributed by atoms with Crippen LogP contribution in [0.25, 0.3) is 0 Å². The van der Waals surface area contributed by atoms with Gasteiger partial charge in [-0.2, -0.15) is 0 Å². The van der Waals surface area contributed by atoms with E-state index in [0.717, 1.165) is 5.56 Å². The number of nitrogens with two attached hydrogens (primary N) is 1. The predicted molar refractivity (Wildman–Crippen MR) is 129 cm³/mol. The number of primary amides is 1. The molecule has 0 aromatic heterocycles. The molecule has 188 valence electrons. The Kier molecular flexibility index (Phi) is 5.88. The predicted octanol–water partition coefficient (Wildman–Crippen LogP) is 1.20. The van der Waals surface area contributed by atoms with Crippen LogP contribution in [0, 0.1) is 11.8 Å². The molecular weight excluding hydrogens is 488 g/mol. The van der Waals surface area contributed by atoms with Crippen LogP contribution in [0.15, 0.2) is 36.4 Å². The lowest BCUT2D eigenvalue weighted by Gasteiger charge is -2.29. The van der Waals surface area contributed by atoms with Crippen molar-refractivity contribution in [2.24, 2.45) is 17.6 Å². The highest BCUT2D eigenvalue weighted by molar-refractivity contribution is 6.31. The fourth-order valence-corrected chi connectivity index (χ4v) is 5.89. The number of likely N-dealkylation sites (tertiary alicyclic amines) is 1. The molecule has 2 saturated heterocycles. The van der Waals surface area contributed by atoms with Gasteiger partial charge in [0.2, 0.25) is 23.6 Å². The SMILES string of the molecule is COc1ccc(CCN2C(=O)[C@H]3[C@H](CC(N)=O)N[C@]4(C(=O)Nc5ccc(Cl)cc54)[C@@H]3C2=O)cc1OC. The van der Waals surface area contributed by atoms with Crippen molar-refractivity contribution in [2.75, 3.05) is 26.1 Å². The van der Waals surface area contributed by atoms with Gasteiger partial charge in [0.15, 0.2) is 11.5 Å². The maximum absolute atomic E-state index is 13.8. The van der Waals surface area contributed by atoms with Gasteiger partial charge in [-0.3, -0.25) is 29.4 Å². The Morgan fingerprint density at radius 2 is 1.83 bits per heavy atom. The standard InChI is InChI=1S/C25H25ClN4O6/c1-35-17-6-3-12(9-18(17)36-2)7-8-30-22(32)20-16(11-19(27)31)29-25(21(20)23(30)33)14-10-13(26)4-5-15(14)28-24(25)34/h3-6,9-10,16,20-21,29H,7-8,11H2,1-2H3,(H2,27,31)(H,28,34)/t16-,20-,21-,25-/m0/s1. The van der Waals surface area contributed by atoms with E-state index < -0.39 is 47.0 Å². The highest BCUT2D eigenvalue weighted by Gasteiger charge is 2.70. The van der Waals surface area contributed by atoms with Crippen LogP contribution in [-0.4, -0.2) is 55.3 Å². The third-order valence-corrected chi connectivity index (χ3v) is 7.50. The average Bonchev–Trinajstić information content (AvgIpc) is 3.41. The number of fused-ring (bicyclic) bond motifs is 4. The van der Waals surface area contributed by atoms with E-state index in [0.29, 0.717) is 34.2 Å². The lowest BCUT2D eigenvalue weighted by atomic mass is 9.76. The monoisotopic (exact) mass is 512 g/mol. The Labute approximate surface area is 212 Å². The quantitative estimate of drug-likeness (QED) is 0.473. The Hall–Kier alpha value is -3.63. The van der Waals surface area contributed by atoms with Crippen molar-refractivity contribution in [1.82, 2.24) is 10.2 Å². The van der Waals surface area contributed by atoms with Crippen LogP contribution in [0.4, 0.5) is 5.69 Å². The van der Waals surface area contributed by atoms with E-state index in [2.05, 4.69) is 10.6 Å². The van der Waals surface area contributed by atoms with Crippen molar-refractivity contribution >= 4 is 40.9 Å². The van der Waals surface area contributed by atoms with E-state index >= 15 is 0 Å². The molecule has 4 amide bonds. The Balaban J connectivity index is 1.49. The van der Waals surface area contributed by atoms with Gasteiger partial charge in [-0.15, -0.1) is 0 Å². The van der Waals surface area contributed by atoms with E-state index in [4.69, 9.17) is 26.8 Å². The third kappa shape index (κ3) is 3.51. The second kappa shape index (κ2) is 8.79. The number of amides is 4. The number of benzene rings is 2. The molecule has 3 aliphatic heterocycles. The smallest absolute Gasteiger partial charge is 0.250 e. The maximum atomic E-state index is 13.8. The number of hydrogen-bond acceptors (Lipinski definition) is 7. The first kappa shape index (κ1) is 24.1. The fourth-order valence-electron chi connectivity index (χ4n) is 5.72. The molecule has 0 aliphatic carbocycles. The van der Waals surface area contributed by atoms with Gasteiger partial charge in [0.05, 0.1) is 26.1 Å². The largest absolute Gasteiger partial charge is 0.493 e. The second-order valence-corrected chi connectivity index (χ2v) is 9.58. The summed E-state index contributed by atoms with van der Waals surface area (Å²) >= 11 is 6.23. The summed E-state index contributed by atoms with van der Waals surface area (Å²) < 4.78 is 10.6. The first-order valence-corrected chi connectivity index (χ1v) is 11.8. The highest BCUT2D eigenvalue weighted by Crippen LogP contribution is 2.53. The van der Waals surface area contributed by atoms with Crippen LogP contribution in [-0.2, 0) is 31.1 Å². The summed E-state index contributed by atoms with van der Waals surface area (Å²) in [6.07, 6.45) is 0.168. The summed E-state index contributed by atoms with van der Waals surface area (Å²) in [7, 11) is 3.06. The molecule has 4 N–H and O–H groups in total. The first-order chi connectivity index (χ1) is 17.2. The number of rotatable bonds is 7. The summed E-state index contributed by atoms with van der Waals surface area (Å²) in [4.78, 5) is 53.7. The van der Waals surface area contributed by atoms with Gasteiger partial charge in [-0.25, -0.2) is 0 Å². The molecule has 5 rings (SSSR count). The molecule has 0 unspecified atom stereocenters. The van der Waals surface area contributed by atoms with Crippen LogP contribution in [0.5, 0.6) is 11.5 Å². The zero-order chi connectivity index (χ0) is 25.8. The number of halogens is 1. The zero-order valence-corrected chi connectivity index (χ0v) is 20.4. The molecule has 2 aromatic carbocycles. The minimum atomic E-state index is -1.53. The van der Waals surface area contributed by atoms with Gasteiger partial charge in [-0.1, -0.05) is 17.7 Å². The van der Waals surface area contributed by atoms with Crippen LogP contribution in [0.2, 0.25) is 5.02 Å². The van der Waals surface area contributed by atoms with Crippen LogP contribution >= 0.6 is 11.6 Å². The number of nitrogens with zero attached hydrogens (tertiary/aromatic N) is 1. The first-order valence-electron chi connectivity index (χ1n) is 11.4. The Morgan fingerprint density at radius 1 is 1.08 bits per heavy atom. The van der Waals surface area contributed by atoms with Gasteiger partial charge in [0, 0.05) is 35.3 Å². The van der Waals surface area contributed by atoms with Crippen LogP contribution in [0.3, 0.4) is 0 Å². The van der Waals surface area contributed by atoms with Crippen molar-refractivity contribution in [1.29, 1.82) is 0 Å². The number of methoxy groups -OCH3 is 2. The van der Waals surface area contributed by atoms with E-state index in [9.17, 15) is 19.2 Å². The van der Waals surface area contributed by atoms with Crippen molar-refractivity contribution in [3.8, 4) is 11.5 Å². The average molecular weight is 513 g/mol. The van der Waals surface area contributed by atoms with Gasteiger partial charge in [-0.05, 0) is 42.3 Å². The molecule has 2 aromatic rings. The minimum absolute atomic E-state index is 0.101. The van der Waals surface area contributed by atoms with Crippen LogP contribution < -0.4 is 25.8 Å². The molecule has 2 fully saturated rings. The van der Waals surface area contributed by atoms with E-state index in [1.165, 1.54) is 19.1 Å². The molecular formula is C25H25ClN4O6. The summed E-state index contributed by atoms with van der Waals surface area (Å²) in [5.74, 6) is -2.90. The lowest BCUT2D eigenvalue weighted by Crippen LogP contribution is -2.53. The number of nitrogens with one attached hydrogen (secondary N) is 2. The summed E-state index contributed by atoms with van der Waals surface area (Å²) in [5, 5.41) is 6.32. The highest BCUT2D eigenvalue weighted by atomic mass is 35.5. The number of carbonyl (C=O) groups is 4. The Morgan fingerprint density at radius 3 is 2.53 bits per heavy atom. The maximum Gasteiger partial charge on any atom is 0.250 e. The molecule has 0 radical (unpaired) electrons. The van der Waals surface area contributed by atoms with E-state index in [-0.39, 0.29) is 13.0 Å².